The Morgan fingerprint density at radius 1 is 0.487 bits per heavy atom. The Bertz CT molecular complexity index is 885. The third-order valence-electron chi connectivity index (χ3n) is 7.51. The van der Waals surface area contributed by atoms with Gasteiger partial charge in [-0.2, -0.15) is 0 Å². The monoisotopic (exact) mass is 544 g/mol. The van der Waals surface area contributed by atoms with E-state index in [0.717, 1.165) is 74.9 Å². The van der Waals surface area contributed by atoms with E-state index in [1.165, 1.54) is 43.5 Å². The smallest absolute Gasteiger partial charge is 0.203 e. The summed E-state index contributed by atoms with van der Waals surface area (Å²) in [5.74, 6) is 4.20. The van der Waals surface area contributed by atoms with E-state index < -0.39 is 0 Å². The summed E-state index contributed by atoms with van der Waals surface area (Å²) in [5.41, 5.74) is 2.44. The molecular weight excluding hydrogens is 496 g/mol. The Kier molecular flexibility index (Phi) is 12.8. The van der Waals surface area contributed by atoms with Crippen LogP contribution in [0.25, 0.3) is 0 Å². The molecule has 2 aromatic rings. The highest BCUT2D eigenvalue weighted by Gasteiger charge is 2.16. The van der Waals surface area contributed by atoms with Crippen LogP contribution < -0.4 is 28.4 Å². The number of hydrogen-bond donors (Lipinski definition) is 0. The van der Waals surface area contributed by atoms with Crippen LogP contribution in [0.15, 0.2) is 24.3 Å². The zero-order valence-electron chi connectivity index (χ0n) is 24.8. The maximum absolute atomic E-state index is 5.50. The molecule has 1 saturated heterocycles. The van der Waals surface area contributed by atoms with Gasteiger partial charge in [0.15, 0.2) is 23.0 Å². The van der Waals surface area contributed by atoms with E-state index in [-0.39, 0.29) is 0 Å². The molecule has 0 N–H and O–H groups in total. The summed E-state index contributed by atoms with van der Waals surface area (Å²) in [4.78, 5) is 5.26. The fourth-order valence-electron chi connectivity index (χ4n) is 5.36. The van der Waals surface area contributed by atoms with Crippen molar-refractivity contribution < 1.29 is 28.4 Å². The number of unbranched alkanes of at least 4 members (excludes halogenated alkanes) is 2. The Hall–Kier alpha value is -2.84. The van der Waals surface area contributed by atoms with Crippen molar-refractivity contribution in [3.63, 3.8) is 0 Å². The van der Waals surface area contributed by atoms with E-state index in [1.54, 1.807) is 42.7 Å². The van der Waals surface area contributed by atoms with Gasteiger partial charge in [0.25, 0.3) is 0 Å². The van der Waals surface area contributed by atoms with Gasteiger partial charge in [0, 0.05) is 13.1 Å². The molecule has 0 radical (unpaired) electrons. The summed E-state index contributed by atoms with van der Waals surface area (Å²) in [7, 11) is 9.94. The molecule has 1 aliphatic heterocycles. The van der Waals surface area contributed by atoms with E-state index in [9.17, 15) is 0 Å². The van der Waals surface area contributed by atoms with Crippen LogP contribution in [0.4, 0.5) is 0 Å². The summed E-state index contributed by atoms with van der Waals surface area (Å²) >= 11 is 0. The topological polar surface area (TPSA) is 61.9 Å². The summed E-state index contributed by atoms with van der Waals surface area (Å²) in [5, 5.41) is 0. The molecule has 0 aliphatic carbocycles. The van der Waals surface area contributed by atoms with Crippen LogP contribution >= 0.6 is 0 Å². The third-order valence-corrected chi connectivity index (χ3v) is 7.51. The Balaban J connectivity index is 1.36. The number of benzene rings is 2. The number of hydrogen-bond acceptors (Lipinski definition) is 8. The lowest BCUT2D eigenvalue weighted by Gasteiger charge is -2.22. The van der Waals surface area contributed by atoms with Crippen LogP contribution in [0.1, 0.15) is 43.2 Å². The summed E-state index contributed by atoms with van der Waals surface area (Å²) in [6.45, 7) is 6.98. The van der Waals surface area contributed by atoms with Crippen molar-refractivity contribution in [2.24, 2.45) is 0 Å². The van der Waals surface area contributed by atoms with E-state index in [0.29, 0.717) is 11.5 Å². The quantitative estimate of drug-likeness (QED) is 0.271. The summed E-state index contributed by atoms with van der Waals surface area (Å²) in [6, 6.07) is 8.25. The van der Waals surface area contributed by atoms with Gasteiger partial charge in [-0.15, -0.1) is 0 Å². The molecule has 218 valence electrons. The summed E-state index contributed by atoms with van der Waals surface area (Å²) < 4.78 is 32.9. The summed E-state index contributed by atoms with van der Waals surface area (Å²) in [6.07, 6.45) is 7.89. The van der Waals surface area contributed by atoms with Gasteiger partial charge in [0.05, 0.1) is 42.7 Å². The molecule has 3 rings (SSSR count). The second kappa shape index (κ2) is 16.3. The normalized spacial score (nSPS) is 14.5. The van der Waals surface area contributed by atoms with Gasteiger partial charge in [-0.1, -0.05) is 0 Å². The highest BCUT2D eigenvalue weighted by molar-refractivity contribution is 5.54. The molecule has 1 aliphatic rings. The maximum Gasteiger partial charge on any atom is 0.203 e. The number of methoxy groups -OCH3 is 6. The molecule has 1 fully saturated rings. The van der Waals surface area contributed by atoms with Crippen LogP contribution in [-0.4, -0.2) is 91.7 Å². The Morgan fingerprint density at radius 3 is 1.15 bits per heavy atom. The molecule has 0 amide bonds. The molecule has 8 heteroatoms. The minimum absolute atomic E-state index is 0.652. The second-order valence-electron chi connectivity index (χ2n) is 10.0. The van der Waals surface area contributed by atoms with Gasteiger partial charge >= 0.3 is 0 Å². The van der Waals surface area contributed by atoms with Crippen molar-refractivity contribution in [3.05, 3.63) is 35.4 Å². The first-order valence-corrected chi connectivity index (χ1v) is 14.1. The highest BCUT2D eigenvalue weighted by Crippen LogP contribution is 2.39. The van der Waals surface area contributed by atoms with E-state index >= 15 is 0 Å². The predicted molar refractivity (Wildman–Crippen MR) is 156 cm³/mol. The van der Waals surface area contributed by atoms with Gasteiger partial charge in [-0.3, -0.25) is 0 Å². The van der Waals surface area contributed by atoms with Crippen LogP contribution in [-0.2, 0) is 12.8 Å². The molecular formula is C31H48N2O6. The predicted octanol–water partition coefficient (Wildman–Crippen LogP) is 5.09. The van der Waals surface area contributed by atoms with Crippen molar-refractivity contribution in [2.75, 3.05) is 81.9 Å². The maximum atomic E-state index is 5.50. The number of rotatable bonds is 16. The van der Waals surface area contributed by atoms with Crippen LogP contribution in [0.3, 0.4) is 0 Å². The molecule has 0 saturated carbocycles. The first-order valence-electron chi connectivity index (χ1n) is 14.1. The zero-order chi connectivity index (χ0) is 28.0. The van der Waals surface area contributed by atoms with Crippen LogP contribution in [0, 0.1) is 0 Å². The highest BCUT2D eigenvalue weighted by atomic mass is 16.5. The van der Waals surface area contributed by atoms with Crippen molar-refractivity contribution in [3.8, 4) is 34.5 Å². The minimum atomic E-state index is 0.652. The van der Waals surface area contributed by atoms with Crippen molar-refractivity contribution in [2.45, 2.75) is 44.9 Å². The lowest BCUT2D eigenvalue weighted by atomic mass is 10.1. The average Bonchev–Trinajstić information content (AvgIpc) is 3.21. The molecule has 1 heterocycles. The first-order chi connectivity index (χ1) is 19.1. The van der Waals surface area contributed by atoms with E-state index in [1.807, 2.05) is 0 Å². The lowest BCUT2D eigenvalue weighted by molar-refractivity contribution is 0.251. The molecule has 39 heavy (non-hydrogen) atoms. The van der Waals surface area contributed by atoms with Crippen LogP contribution in [0.2, 0.25) is 0 Å². The van der Waals surface area contributed by atoms with Gasteiger partial charge in [0.1, 0.15) is 0 Å². The average molecular weight is 545 g/mol. The fourth-order valence-corrected chi connectivity index (χ4v) is 5.36. The fraction of sp³-hybridized carbons (Fsp3) is 0.613. The largest absolute Gasteiger partial charge is 0.493 e. The molecule has 0 spiro atoms. The van der Waals surface area contributed by atoms with E-state index in [4.69, 9.17) is 28.4 Å². The van der Waals surface area contributed by atoms with Crippen molar-refractivity contribution >= 4 is 0 Å². The molecule has 2 aromatic carbocycles. The zero-order valence-corrected chi connectivity index (χ0v) is 24.8. The van der Waals surface area contributed by atoms with Crippen molar-refractivity contribution in [1.29, 1.82) is 0 Å². The molecule has 8 nitrogen and oxygen atoms in total. The number of ether oxygens (including phenoxy) is 6. The Morgan fingerprint density at radius 2 is 0.846 bits per heavy atom. The standard InChI is InChI=1S/C31H48N2O6/c1-34-26-20-24(21-27(35-2)30(26)38-5)12-7-9-14-32-16-11-17-33(19-18-32)15-10-8-13-25-22-28(36-3)31(39-6)29(23-25)37-4/h20-23H,7-19H2,1-6H3. The third kappa shape index (κ3) is 8.83. The van der Waals surface area contributed by atoms with E-state index in [2.05, 4.69) is 34.1 Å². The number of nitrogens with zero attached hydrogens (tertiary/aromatic N) is 2. The van der Waals surface area contributed by atoms with Gasteiger partial charge in [-0.25, -0.2) is 0 Å². The van der Waals surface area contributed by atoms with Gasteiger partial charge in [0.2, 0.25) is 11.5 Å². The first kappa shape index (κ1) is 30.7. The van der Waals surface area contributed by atoms with Gasteiger partial charge < -0.3 is 38.2 Å². The minimum Gasteiger partial charge on any atom is -0.493 e. The van der Waals surface area contributed by atoms with Crippen LogP contribution in [0.5, 0.6) is 34.5 Å². The molecule has 0 bridgehead atoms. The molecule has 0 unspecified atom stereocenters. The SMILES string of the molecule is COc1cc(CCCCN2CCCN(CCCCc3cc(OC)c(OC)c(OC)c3)CC2)cc(OC)c1OC. The second-order valence-corrected chi connectivity index (χ2v) is 10.0. The lowest BCUT2D eigenvalue weighted by Crippen LogP contribution is -2.32. The molecule has 0 atom stereocenters. The van der Waals surface area contributed by atoms with Gasteiger partial charge in [-0.05, 0) is 107 Å². The molecule has 0 aromatic heterocycles. The van der Waals surface area contributed by atoms with Crippen molar-refractivity contribution in [1.82, 2.24) is 9.80 Å². The number of aryl methyl sites for hydroxylation is 2. The Labute approximate surface area is 235 Å².